The number of esters is 1. The van der Waals surface area contributed by atoms with Gasteiger partial charge in [-0.3, -0.25) is 0 Å². The molecule has 5 nitrogen and oxygen atoms in total. The summed E-state index contributed by atoms with van der Waals surface area (Å²) in [6, 6.07) is 12.7. The molecule has 0 saturated heterocycles. The van der Waals surface area contributed by atoms with Crippen molar-refractivity contribution in [2.75, 3.05) is 5.32 Å². The second-order valence-corrected chi connectivity index (χ2v) is 6.06. The molecule has 2 rings (SSSR count). The van der Waals surface area contributed by atoms with Crippen LogP contribution in [0.3, 0.4) is 0 Å². The Bertz CT molecular complexity index is 725. The van der Waals surface area contributed by atoms with E-state index >= 15 is 0 Å². The first-order valence-electron chi connectivity index (χ1n) is 7.30. The Hall–Kier alpha value is -2.87. The van der Waals surface area contributed by atoms with Crippen LogP contribution in [0.4, 0.5) is 5.82 Å². The number of rotatable bonds is 4. The first-order chi connectivity index (χ1) is 10.9. The van der Waals surface area contributed by atoms with Gasteiger partial charge in [-0.1, -0.05) is 12.1 Å². The SMILES string of the molecule is CC(C)(C)OC(=O)c1ccc(CNc2ncccc2C#N)cc1. The lowest BCUT2D eigenvalue weighted by Gasteiger charge is -2.19. The summed E-state index contributed by atoms with van der Waals surface area (Å²) in [7, 11) is 0. The van der Waals surface area contributed by atoms with Gasteiger partial charge < -0.3 is 10.1 Å². The van der Waals surface area contributed by atoms with Crippen molar-refractivity contribution < 1.29 is 9.53 Å². The first-order valence-corrected chi connectivity index (χ1v) is 7.30. The number of benzene rings is 1. The van der Waals surface area contributed by atoms with Gasteiger partial charge >= 0.3 is 5.97 Å². The summed E-state index contributed by atoms with van der Waals surface area (Å²) >= 11 is 0. The third-order valence-electron chi connectivity index (χ3n) is 2.98. The monoisotopic (exact) mass is 309 g/mol. The van der Waals surface area contributed by atoms with Gasteiger partial charge in [-0.2, -0.15) is 5.26 Å². The number of hydrogen-bond donors (Lipinski definition) is 1. The van der Waals surface area contributed by atoms with Crippen molar-refractivity contribution in [2.24, 2.45) is 0 Å². The highest BCUT2D eigenvalue weighted by Crippen LogP contribution is 2.14. The maximum atomic E-state index is 12.0. The number of nitrogens with zero attached hydrogens (tertiary/aromatic N) is 2. The molecule has 0 amide bonds. The molecule has 1 heterocycles. The van der Waals surface area contributed by atoms with Crippen LogP contribution < -0.4 is 5.32 Å². The van der Waals surface area contributed by atoms with Crippen molar-refractivity contribution in [3.63, 3.8) is 0 Å². The second kappa shape index (κ2) is 6.93. The van der Waals surface area contributed by atoms with E-state index in [0.29, 0.717) is 23.5 Å². The second-order valence-electron chi connectivity index (χ2n) is 6.06. The molecule has 0 spiro atoms. The zero-order valence-corrected chi connectivity index (χ0v) is 13.5. The molecule has 0 saturated carbocycles. The summed E-state index contributed by atoms with van der Waals surface area (Å²) in [6.45, 7) is 6.02. The van der Waals surface area contributed by atoms with E-state index in [0.717, 1.165) is 5.56 Å². The quantitative estimate of drug-likeness (QED) is 0.875. The third-order valence-corrected chi connectivity index (χ3v) is 2.98. The van der Waals surface area contributed by atoms with Crippen molar-refractivity contribution in [3.05, 3.63) is 59.3 Å². The number of pyridine rings is 1. The van der Waals surface area contributed by atoms with Crippen LogP contribution in [-0.2, 0) is 11.3 Å². The van der Waals surface area contributed by atoms with Crippen LogP contribution in [0.25, 0.3) is 0 Å². The Balaban J connectivity index is 2.01. The minimum atomic E-state index is -0.510. The number of carbonyl (C=O) groups is 1. The largest absolute Gasteiger partial charge is 0.456 e. The summed E-state index contributed by atoms with van der Waals surface area (Å²) < 4.78 is 5.32. The molecule has 1 aromatic carbocycles. The molecular formula is C18H19N3O2. The first kappa shape index (κ1) is 16.5. The average molecular weight is 309 g/mol. The number of carbonyl (C=O) groups excluding carboxylic acids is 1. The van der Waals surface area contributed by atoms with E-state index in [1.54, 1.807) is 30.5 Å². The highest BCUT2D eigenvalue weighted by atomic mass is 16.6. The Morgan fingerprint density at radius 2 is 1.96 bits per heavy atom. The topological polar surface area (TPSA) is 75.0 Å². The molecule has 0 unspecified atom stereocenters. The van der Waals surface area contributed by atoms with Gasteiger partial charge in [0.25, 0.3) is 0 Å². The van der Waals surface area contributed by atoms with Gasteiger partial charge in [0.2, 0.25) is 0 Å². The van der Waals surface area contributed by atoms with Crippen molar-refractivity contribution in [3.8, 4) is 6.07 Å². The third kappa shape index (κ3) is 4.82. The molecular weight excluding hydrogens is 290 g/mol. The molecule has 0 aliphatic rings. The molecule has 1 N–H and O–H groups in total. The average Bonchev–Trinajstić information content (AvgIpc) is 2.52. The van der Waals surface area contributed by atoms with Gasteiger partial charge in [0.1, 0.15) is 17.5 Å². The van der Waals surface area contributed by atoms with Crippen LogP contribution >= 0.6 is 0 Å². The van der Waals surface area contributed by atoms with Crippen molar-refractivity contribution in [1.82, 2.24) is 4.98 Å². The molecule has 0 aliphatic carbocycles. The normalized spacial score (nSPS) is 10.7. The fourth-order valence-electron chi connectivity index (χ4n) is 1.92. The van der Waals surface area contributed by atoms with Crippen LogP contribution in [0.2, 0.25) is 0 Å². The van der Waals surface area contributed by atoms with Gasteiger partial charge in [0.05, 0.1) is 11.1 Å². The molecule has 1 aromatic heterocycles. The Kier molecular flexibility index (Phi) is 4.97. The van der Waals surface area contributed by atoms with Crippen LogP contribution in [0, 0.1) is 11.3 Å². The summed E-state index contributed by atoms with van der Waals surface area (Å²) in [4.78, 5) is 16.1. The van der Waals surface area contributed by atoms with Crippen molar-refractivity contribution in [2.45, 2.75) is 32.9 Å². The lowest BCUT2D eigenvalue weighted by Crippen LogP contribution is -2.23. The fourth-order valence-corrected chi connectivity index (χ4v) is 1.92. The van der Waals surface area contributed by atoms with Crippen molar-refractivity contribution >= 4 is 11.8 Å². The van der Waals surface area contributed by atoms with E-state index in [2.05, 4.69) is 16.4 Å². The Labute approximate surface area is 135 Å². The number of anilines is 1. The highest BCUT2D eigenvalue weighted by molar-refractivity contribution is 5.89. The lowest BCUT2D eigenvalue weighted by molar-refractivity contribution is 0.00695. The van der Waals surface area contributed by atoms with Gasteiger partial charge in [-0.25, -0.2) is 9.78 Å². The van der Waals surface area contributed by atoms with Crippen LogP contribution in [0.1, 0.15) is 42.3 Å². The number of ether oxygens (including phenoxy) is 1. The van der Waals surface area contributed by atoms with Gasteiger partial charge in [-0.15, -0.1) is 0 Å². The van der Waals surface area contributed by atoms with Gasteiger partial charge in [-0.05, 0) is 50.6 Å². The number of nitrogens with one attached hydrogen (secondary N) is 1. The summed E-state index contributed by atoms with van der Waals surface area (Å²) in [6.07, 6.45) is 1.63. The maximum absolute atomic E-state index is 12.0. The summed E-state index contributed by atoms with van der Waals surface area (Å²) in [5, 5.41) is 12.1. The van der Waals surface area contributed by atoms with E-state index in [9.17, 15) is 4.79 Å². The van der Waals surface area contributed by atoms with E-state index < -0.39 is 5.60 Å². The van der Waals surface area contributed by atoms with E-state index in [-0.39, 0.29) is 5.97 Å². The van der Waals surface area contributed by atoms with Crippen LogP contribution in [0.5, 0.6) is 0 Å². The smallest absolute Gasteiger partial charge is 0.338 e. The predicted molar refractivity (Wildman–Crippen MR) is 87.9 cm³/mol. The molecule has 0 atom stereocenters. The molecule has 0 fully saturated rings. The molecule has 0 radical (unpaired) electrons. The summed E-state index contributed by atoms with van der Waals surface area (Å²) in [5.74, 6) is 0.208. The van der Waals surface area contributed by atoms with Gasteiger partial charge in [0.15, 0.2) is 0 Å². The van der Waals surface area contributed by atoms with Crippen molar-refractivity contribution in [1.29, 1.82) is 5.26 Å². The zero-order valence-electron chi connectivity index (χ0n) is 13.5. The summed E-state index contributed by atoms with van der Waals surface area (Å²) in [5.41, 5.74) is 1.48. The van der Waals surface area contributed by atoms with Crippen LogP contribution in [0.15, 0.2) is 42.6 Å². The minimum absolute atomic E-state index is 0.339. The molecule has 0 aliphatic heterocycles. The number of hydrogen-bond acceptors (Lipinski definition) is 5. The zero-order chi connectivity index (χ0) is 16.9. The number of aromatic nitrogens is 1. The standard InChI is InChI=1S/C18H19N3O2/c1-18(2,3)23-17(22)14-8-6-13(7-9-14)12-21-16-15(11-19)5-4-10-20-16/h4-10H,12H2,1-3H3,(H,20,21). The van der Waals surface area contributed by atoms with E-state index in [1.165, 1.54) is 0 Å². The molecule has 5 heteroatoms. The molecule has 118 valence electrons. The molecule has 2 aromatic rings. The minimum Gasteiger partial charge on any atom is -0.456 e. The molecule has 23 heavy (non-hydrogen) atoms. The molecule has 0 bridgehead atoms. The Morgan fingerprint density at radius 1 is 1.26 bits per heavy atom. The number of nitriles is 1. The maximum Gasteiger partial charge on any atom is 0.338 e. The fraction of sp³-hybridized carbons (Fsp3) is 0.278. The van der Waals surface area contributed by atoms with Gasteiger partial charge in [0, 0.05) is 12.7 Å². The van der Waals surface area contributed by atoms with E-state index in [1.807, 2.05) is 32.9 Å². The van der Waals surface area contributed by atoms with Crippen LogP contribution in [-0.4, -0.2) is 16.6 Å². The lowest BCUT2D eigenvalue weighted by atomic mass is 10.1. The predicted octanol–water partition coefficient (Wildman–Crippen LogP) is 3.52. The Morgan fingerprint density at radius 3 is 2.57 bits per heavy atom. The highest BCUT2D eigenvalue weighted by Gasteiger charge is 2.17. The van der Waals surface area contributed by atoms with E-state index in [4.69, 9.17) is 10.00 Å².